The molecule has 2 aliphatic rings. The molecule has 4 rings (SSSR count). The van der Waals surface area contributed by atoms with Crippen LogP contribution in [0.15, 0.2) is 12.4 Å². The van der Waals surface area contributed by atoms with E-state index < -0.39 is 29.4 Å². The van der Waals surface area contributed by atoms with Crippen LogP contribution in [0.5, 0.6) is 0 Å². The van der Waals surface area contributed by atoms with E-state index in [9.17, 15) is 23.4 Å². The zero-order valence-electron chi connectivity index (χ0n) is 20.6. The maximum Gasteiger partial charge on any atom is 0.425 e. The molecule has 202 valence electrons. The summed E-state index contributed by atoms with van der Waals surface area (Å²) in [4.78, 5) is 2.21. The van der Waals surface area contributed by atoms with Crippen molar-refractivity contribution in [3.63, 3.8) is 0 Å². The van der Waals surface area contributed by atoms with E-state index in [1.807, 2.05) is 6.20 Å². The van der Waals surface area contributed by atoms with Crippen LogP contribution in [0.3, 0.4) is 0 Å². The SMILES string of the molecule is COCCOCC(O)Cn1cc(CN2CC[C@]3(C[C@@H]2C)OCCc2c3sc(C(F)(F)F)c2CO)cn1. The number of alkyl halides is 3. The summed E-state index contributed by atoms with van der Waals surface area (Å²) in [6.07, 6.45) is 0.0438. The first-order chi connectivity index (χ1) is 17.2. The highest BCUT2D eigenvalue weighted by atomic mass is 32.1. The van der Waals surface area contributed by atoms with E-state index in [0.29, 0.717) is 69.2 Å². The fourth-order valence-electron chi connectivity index (χ4n) is 5.22. The number of methoxy groups -OCH3 is 1. The smallest absolute Gasteiger partial charge is 0.392 e. The molecule has 0 saturated carbocycles. The number of ether oxygens (including phenoxy) is 3. The normalized spacial score (nSPS) is 23.8. The highest BCUT2D eigenvalue weighted by Crippen LogP contribution is 2.51. The average Bonchev–Trinajstić information content (AvgIpc) is 3.43. The maximum atomic E-state index is 13.6. The van der Waals surface area contributed by atoms with Crippen molar-refractivity contribution in [2.24, 2.45) is 0 Å². The van der Waals surface area contributed by atoms with Gasteiger partial charge < -0.3 is 24.4 Å². The number of hydrogen-bond acceptors (Lipinski definition) is 8. The van der Waals surface area contributed by atoms with Crippen molar-refractivity contribution in [3.8, 4) is 0 Å². The minimum atomic E-state index is -4.49. The van der Waals surface area contributed by atoms with Gasteiger partial charge >= 0.3 is 6.18 Å². The number of aliphatic hydroxyl groups is 2. The highest BCUT2D eigenvalue weighted by molar-refractivity contribution is 7.12. The van der Waals surface area contributed by atoms with Gasteiger partial charge in [0.25, 0.3) is 0 Å². The fourth-order valence-corrected chi connectivity index (χ4v) is 6.63. The standard InChI is InChI=1S/C24H34F3N3O5S/c1-16-9-23(21-19(3-6-35-23)20(14-31)22(36-21)24(25,26)27)4-5-29(16)11-17-10-28-30(12-17)13-18(32)15-34-8-7-33-2/h10,12,16,18,31-32H,3-9,11,13-15H2,1-2H3/t16-,18?,23+/m0/s1. The molecule has 2 aromatic heterocycles. The van der Waals surface area contributed by atoms with Gasteiger partial charge in [-0.05, 0) is 31.7 Å². The number of halogens is 3. The molecule has 1 spiro atoms. The number of aromatic nitrogens is 2. The third-order valence-corrected chi connectivity index (χ3v) is 8.44. The molecule has 1 fully saturated rings. The Kier molecular flexibility index (Phi) is 8.75. The van der Waals surface area contributed by atoms with Crippen LogP contribution in [0.2, 0.25) is 0 Å². The summed E-state index contributed by atoms with van der Waals surface area (Å²) >= 11 is 0.740. The molecule has 0 bridgehead atoms. The lowest BCUT2D eigenvalue weighted by Gasteiger charge is -2.47. The van der Waals surface area contributed by atoms with E-state index in [2.05, 4.69) is 16.9 Å². The zero-order valence-corrected chi connectivity index (χ0v) is 21.4. The molecule has 1 saturated heterocycles. The molecule has 2 N–H and O–H groups in total. The van der Waals surface area contributed by atoms with Gasteiger partial charge in [0, 0.05) is 48.4 Å². The Bertz CT molecular complexity index is 1010. The predicted molar refractivity (Wildman–Crippen MR) is 127 cm³/mol. The largest absolute Gasteiger partial charge is 0.425 e. The second-order valence-electron chi connectivity index (χ2n) is 9.53. The summed E-state index contributed by atoms with van der Waals surface area (Å²) in [5.74, 6) is 0. The van der Waals surface area contributed by atoms with E-state index in [-0.39, 0.29) is 18.2 Å². The van der Waals surface area contributed by atoms with E-state index in [1.54, 1.807) is 18.0 Å². The van der Waals surface area contributed by atoms with E-state index in [1.165, 1.54) is 0 Å². The number of nitrogens with zero attached hydrogens (tertiary/aromatic N) is 3. The number of aliphatic hydroxyl groups excluding tert-OH is 2. The van der Waals surface area contributed by atoms with Gasteiger partial charge in [-0.15, -0.1) is 11.3 Å². The molecular formula is C24H34F3N3O5S. The number of thiophene rings is 1. The van der Waals surface area contributed by atoms with E-state index in [4.69, 9.17) is 14.2 Å². The van der Waals surface area contributed by atoms with E-state index >= 15 is 0 Å². The molecule has 4 heterocycles. The van der Waals surface area contributed by atoms with Gasteiger partial charge in [0.1, 0.15) is 10.5 Å². The molecule has 0 amide bonds. The molecule has 8 nitrogen and oxygen atoms in total. The molecule has 0 aromatic carbocycles. The third kappa shape index (κ3) is 5.95. The average molecular weight is 534 g/mol. The Morgan fingerprint density at radius 2 is 2.17 bits per heavy atom. The summed E-state index contributed by atoms with van der Waals surface area (Å²) in [6.45, 7) is 4.51. The monoisotopic (exact) mass is 533 g/mol. The fraction of sp³-hybridized carbons (Fsp3) is 0.708. The third-order valence-electron chi connectivity index (χ3n) is 6.94. The van der Waals surface area contributed by atoms with Crippen molar-refractivity contribution in [1.82, 2.24) is 14.7 Å². The van der Waals surface area contributed by atoms with Crippen LogP contribution in [0.25, 0.3) is 0 Å². The summed E-state index contributed by atoms with van der Waals surface area (Å²) in [7, 11) is 1.59. The molecule has 0 radical (unpaired) electrons. The molecular weight excluding hydrogens is 499 g/mol. The first-order valence-corrected chi connectivity index (χ1v) is 13.0. The molecule has 2 aromatic rings. The maximum absolute atomic E-state index is 13.6. The number of piperidine rings is 1. The topological polar surface area (TPSA) is 89.2 Å². The zero-order chi connectivity index (χ0) is 25.9. The van der Waals surface area contributed by atoms with Gasteiger partial charge in [0.15, 0.2) is 0 Å². The lowest BCUT2D eigenvalue weighted by molar-refractivity contribution is -0.135. The van der Waals surface area contributed by atoms with Crippen molar-refractivity contribution in [3.05, 3.63) is 38.8 Å². The molecule has 3 atom stereocenters. The minimum absolute atomic E-state index is 0.0129. The first-order valence-electron chi connectivity index (χ1n) is 12.1. The Hall–Kier alpha value is -1.54. The number of rotatable bonds is 10. The Morgan fingerprint density at radius 3 is 2.86 bits per heavy atom. The van der Waals surface area contributed by atoms with Gasteiger partial charge in [0.05, 0.1) is 51.9 Å². The first kappa shape index (κ1) is 27.5. The van der Waals surface area contributed by atoms with Crippen LogP contribution in [-0.2, 0) is 52.1 Å². The number of fused-ring (bicyclic) bond motifs is 2. The molecule has 0 aliphatic carbocycles. The molecule has 1 unspecified atom stereocenters. The van der Waals surface area contributed by atoms with Crippen LogP contribution >= 0.6 is 11.3 Å². The van der Waals surface area contributed by atoms with Crippen LogP contribution in [0.1, 0.15) is 46.2 Å². The summed E-state index contributed by atoms with van der Waals surface area (Å²) in [5.41, 5.74) is 0.874. The second kappa shape index (κ2) is 11.5. The van der Waals surface area contributed by atoms with Crippen molar-refractivity contribution >= 4 is 11.3 Å². The summed E-state index contributed by atoms with van der Waals surface area (Å²) < 4.78 is 59.1. The Labute approximate surface area is 212 Å². The summed E-state index contributed by atoms with van der Waals surface area (Å²) in [6, 6.07) is 0.0711. The minimum Gasteiger partial charge on any atom is -0.392 e. The molecule has 36 heavy (non-hydrogen) atoms. The lowest BCUT2D eigenvalue weighted by Crippen LogP contribution is -2.50. The van der Waals surface area contributed by atoms with E-state index in [0.717, 1.165) is 16.9 Å². The molecule has 2 aliphatic heterocycles. The summed E-state index contributed by atoms with van der Waals surface area (Å²) in [5, 5.41) is 24.2. The van der Waals surface area contributed by atoms with Gasteiger partial charge in [-0.3, -0.25) is 9.58 Å². The quantitative estimate of drug-likeness (QED) is 0.454. The Morgan fingerprint density at radius 1 is 1.36 bits per heavy atom. The second-order valence-corrected chi connectivity index (χ2v) is 10.6. The van der Waals surface area contributed by atoms with Crippen LogP contribution in [0, 0.1) is 0 Å². The van der Waals surface area contributed by atoms with Crippen molar-refractivity contribution in [2.45, 2.75) is 69.8 Å². The highest BCUT2D eigenvalue weighted by Gasteiger charge is 2.48. The Balaban J connectivity index is 1.39. The molecule has 12 heteroatoms. The van der Waals surface area contributed by atoms with Crippen molar-refractivity contribution < 1.29 is 37.6 Å². The van der Waals surface area contributed by atoms with Gasteiger partial charge in [0.2, 0.25) is 0 Å². The van der Waals surface area contributed by atoms with Crippen molar-refractivity contribution in [1.29, 1.82) is 0 Å². The van der Waals surface area contributed by atoms with Gasteiger partial charge in [-0.2, -0.15) is 18.3 Å². The van der Waals surface area contributed by atoms with Crippen LogP contribution in [0.4, 0.5) is 13.2 Å². The van der Waals surface area contributed by atoms with Gasteiger partial charge in [-0.25, -0.2) is 0 Å². The van der Waals surface area contributed by atoms with Crippen LogP contribution < -0.4 is 0 Å². The van der Waals surface area contributed by atoms with Crippen LogP contribution in [-0.4, -0.2) is 77.1 Å². The lowest BCUT2D eigenvalue weighted by atomic mass is 9.81. The predicted octanol–water partition coefficient (Wildman–Crippen LogP) is 2.93. The number of hydrogen-bond donors (Lipinski definition) is 2. The van der Waals surface area contributed by atoms with Gasteiger partial charge in [-0.1, -0.05) is 0 Å². The number of likely N-dealkylation sites (tertiary alicyclic amines) is 1. The van der Waals surface area contributed by atoms with Crippen molar-refractivity contribution in [2.75, 3.05) is 40.1 Å².